The zero-order valence-electron chi connectivity index (χ0n) is 15.9. The minimum atomic E-state index is -3.40. The van der Waals surface area contributed by atoms with E-state index in [9.17, 15) is 8.42 Å². The molecular weight excluding hydrogens is 366 g/mol. The molecule has 0 spiro atoms. The Morgan fingerprint density at radius 2 is 2.11 bits per heavy atom. The highest BCUT2D eigenvalue weighted by molar-refractivity contribution is 7.91. The van der Waals surface area contributed by atoms with Crippen molar-refractivity contribution in [3.8, 4) is 0 Å². The van der Waals surface area contributed by atoms with Crippen LogP contribution in [0, 0.1) is 0 Å². The molecule has 8 nitrogen and oxygen atoms in total. The van der Waals surface area contributed by atoms with Crippen LogP contribution >= 0.6 is 0 Å². The van der Waals surface area contributed by atoms with Crippen molar-refractivity contribution < 1.29 is 13.2 Å². The standard InChI is InChI=1S/C18H27N5O3S/c1-3-9-27(24,25)18-21-11-16(23(18)14-17-5-4-8-26-17)13-22(2)12-15-10-19-6-7-20-15/h6-7,10-11,17H,3-5,8-9,12-14H2,1-2H3. The van der Waals surface area contributed by atoms with Crippen LogP contribution in [0.2, 0.25) is 0 Å². The molecule has 0 N–H and O–H groups in total. The lowest BCUT2D eigenvalue weighted by Gasteiger charge is -2.20. The van der Waals surface area contributed by atoms with E-state index in [0.717, 1.165) is 30.8 Å². The largest absolute Gasteiger partial charge is 0.376 e. The number of imidazole rings is 1. The van der Waals surface area contributed by atoms with E-state index in [1.807, 2.05) is 18.5 Å². The van der Waals surface area contributed by atoms with Gasteiger partial charge in [-0.2, -0.15) is 0 Å². The summed E-state index contributed by atoms with van der Waals surface area (Å²) in [6.45, 7) is 4.30. The van der Waals surface area contributed by atoms with Gasteiger partial charge in [-0.1, -0.05) is 6.92 Å². The molecule has 148 valence electrons. The lowest BCUT2D eigenvalue weighted by atomic mass is 10.2. The zero-order chi connectivity index (χ0) is 19.3. The molecular formula is C18H27N5O3S. The van der Waals surface area contributed by atoms with Crippen molar-refractivity contribution in [2.45, 2.75) is 57.1 Å². The van der Waals surface area contributed by atoms with Gasteiger partial charge < -0.3 is 9.30 Å². The summed E-state index contributed by atoms with van der Waals surface area (Å²) in [6.07, 6.45) is 9.28. The van der Waals surface area contributed by atoms with E-state index in [-0.39, 0.29) is 17.0 Å². The van der Waals surface area contributed by atoms with Crippen LogP contribution in [0.5, 0.6) is 0 Å². The van der Waals surface area contributed by atoms with Crippen LogP contribution in [0.15, 0.2) is 29.9 Å². The average molecular weight is 394 g/mol. The van der Waals surface area contributed by atoms with Gasteiger partial charge in [0.1, 0.15) is 0 Å². The first-order valence-corrected chi connectivity index (χ1v) is 11.0. The second-order valence-electron chi connectivity index (χ2n) is 6.97. The van der Waals surface area contributed by atoms with Crippen molar-refractivity contribution in [3.05, 3.63) is 36.2 Å². The van der Waals surface area contributed by atoms with Gasteiger partial charge in [0.2, 0.25) is 15.0 Å². The summed E-state index contributed by atoms with van der Waals surface area (Å²) in [4.78, 5) is 14.7. The fraction of sp³-hybridized carbons (Fsp3) is 0.611. The zero-order valence-corrected chi connectivity index (χ0v) is 16.7. The van der Waals surface area contributed by atoms with Gasteiger partial charge in [0.15, 0.2) is 0 Å². The summed E-state index contributed by atoms with van der Waals surface area (Å²) in [7, 11) is -1.43. The van der Waals surface area contributed by atoms with Crippen LogP contribution in [-0.2, 0) is 34.2 Å². The van der Waals surface area contributed by atoms with E-state index in [1.54, 1.807) is 24.8 Å². The van der Waals surface area contributed by atoms with Gasteiger partial charge in [0.05, 0.1) is 36.0 Å². The van der Waals surface area contributed by atoms with Crippen molar-refractivity contribution in [2.24, 2.45) is 0 Å². The second-order valence-corrected chi connectivity index (χ2v) is 8.97. The summed E-state index contributed by atoms with van der Waals surface area (Å²) in [6, 6.07) is 0. The molecule has 1 saturated heterocycles. The summed E-state index contributed by atoms with van der Waals surface area (Å²) in [5, 5.41) is 0.155. The predicted octanol–water partition coefficient (Wildman–Crippen LogP) is 1.67. The Morgan fingerprint density at radius 3 is 2.78 bits per heavy atom. The second kappa shape index (κ2) is 8.90. The fourth-order valence-corrected chi connectivity index (χ4v) is 4.80. The molecule has 1 aliphatic rings. The van der Waals surface area contributed by atoms with Gasteiger partial charge in [-0.25, -0.2) is 13.4 Å². The third-order valence-corrected chi connectivity index (χ3v) is 6.37. The maximum absolute atomic E-state index is 12.7. The van der Waals surface area contributed by atoms with Crippen molar-refractivity contribution in [1.29, 1.82) is 0 Å². The number of aromatic nitrogens is 4. The van der Waals surface area contributed by atoms with Gasteiger partial charge >= 0.3 is 0 Å². The molecule has 0 aromatic carbocycles. The third kappa shape index (κ3) is 5.12. The molecule has 1 fully saturated rings. The Hall–Kier alpha value is -1.84. The molecule has 3 rings (SSSR count). The van der Waals surface area contributed by atoms with Crippen molar-refractivity contribution in [2.75, 3.05) is 19.4 Å². The highest BCUT2D eigenvalue weighted by atomic mass is 32.2. The van der Waals surface area contributed by atoms with Crippen LogP contribution < -0.4 is 0 Å². The van der Waals surface area contributed by atoms with Gasteiger partial charge in [-0.15, -0.1) is 0 Å². The molecule has 1 atom stereocenters. The fourth-order valence-electron chi connectivity index (χ4n) is 3.33. The van der Waals surface area contributed by atoms with E-state index >= 15 is 0 Å². The minimum Gasteiger partial charge on any atom is -0.376 e. The van der Waals surface area contributed by atoms with Crippen molar-refractivity contribution in [1.82, 2.24) is 24.4 Å². The van der Waals surface area contributed by atoms with E-state index < -0.39 is 9.84 Å². The molecule has 0 amide bonds. The summed E-state index contributed by atoms with van der Waals surface area (Å²) in [5.41, 5.74) is 1.73. The smallest absolute Gasteiger partial charge is 0.227 e. The number of rotatable bonds is 9. The molecule has 3 heterocycles. The quantitative estimate of drug-likeness (QED) is 0.640. The molecule has 0 aliphatic carbocycles. The Labute approximate surface area is 160 Å². The van der Waals surface area contributed by atoms with E-state index in [0.29, 0.717) is 26.1 Å². The summed E-state index contributed by atoms with van der Waals surface area (Å²) in [5.74, 6) is 0.102. The van der Waals surface area contributed by atoms with Crippen molar-refractivity contribution in [3.63, 3.8) is 0 Å². The first kappa shape index (κ1) is 19.9. The lowest BCUT2D eigenvalue weighted by molar-refractivity contribution is 0.0934. The lowest BCUT2D eigenvalue weighted by Crippen LogP contribution is -2.25. The van der Waals surface area contributed by atoms with E-state index in [1.165, 1.54) is 0 Å². The highest BCUT2D eigenvalue weighted by Crippen LogP contribution is 2.21. The van der Waals surface area contributed by atoms with Crippen LogP contribution in [0.3, 0.4) is 0 Å². The highest BCUT2D eigenvalue weighted by Gasteiger charge is 2.26. The van der Waals surface area contributed by atoms with Crippen LogP contribution in [0.4, 0.5) is 0 Å². The molecule has 0 radical (unpaired) electrons. The Bertz CT molecular complexity index is 832. The molecule has 27 heavy (non-hydrogen) atoms. The molecule has 2 aromatic rings. The number of hydrogen-bond acceptors (Lipinski definition) is 7. The molecule has 1 unspecified atom stereocenters. The monoisotopic (exact) mass is 393 g/mol. The van der Waals surface area contributed by atoms with E-state index in [2.05, 4.69) is 19.9 Å². The van der Waals surface area contributed by atoms with Gasteiger partial charge in [0.25, 0.3) is 0 Å². The maximum Gasteiger partial charge on any atom is 0.227 e. The Balaban J connectivity index is 1.81. The van der Waals surface area contributed by atoms with Crippen LogP contribution in [-0.4, -0.2) is 58.3 Å². The number of ether oxygens (including phenoxy) is 1. The molecule has 1 aliphatic heterocycles. The first-order chi connectivity index (χ1) is 13.0. The third-order valence-electron chi connectivity index (χ3n) is 4.54. The SMILES string of the molecule is CCCS(=O)(=O)c1ncc(CN(C)Cc2cnccn2)n1CC1CCCO1. The number of sulfone groups is 1. The normalized spacial score (nSPS) is 17.7. The molecule has 0 bridgehead atoms. The molecule has 0 saturated carbocycles. The van der Waals surface area contributed by atoms with Crippen molar-refractivity contribution >= 4 is 9.84 Å². The first-order valence-electron chi connectivity index (χ1n) is 9.32. The average Bonchev–Trinajstić information content (AvgIpc) is 3.27. The van der Waals surface area contributed by atoms with Gasteiger partial charge in [-0.05, 0) is 26.3 Å². The summed E-state index contributed by atoms with van der Waals surface area (Å²) < 4.78 is 32.9. The van der Waals surface area contributed by atoms with Crippen LogP contribution in [0.25, 0.3) is 0 Å². The topological polar surface area (TPSA) is 90.2 Å². The Kier molecular flexibility index (Phi) is 6.56. The maximum atomic E-state index is 12.7. The Morgan fingerprint density at radius 1 is 1.26 bits per heavy atom. The molecule has 9 heteroatoms. The number of hydrogen-bond donors (Lipinski definition) is 0. The summed E-state index contributed by atoms with van der Waals surface area (Å²) >= 11 is 0. The van der Waals surface area contributed by atoms with E-state index in [4.69, 9.17) is 4.74 Å². The van der Waals surface area contributed by atoms with Crippen LogP contribution in [0.1, 0.15) is 37.6 Å². The predicted molar refractivity (Wildman–Crippen MR) is 101 cm³/mol. The molecule has 2 aromatic heterocycles. The minimum absolute atomic E-state index is 0.0406. The van der Waals surface area contributed by atoms with Gasteiger partial charge in [-0.3, -0.25) is 14.9 Å². The van der Waals surface area contributed by atoms with Gasteiger partial charge in [0, 0.05) is 38.3 Å². The number of nitrogens with zero attached hydrogens (tertiary/aromatic N) is 5.